The molecule has 2 heterocycles. The molecular weight excluding hydrogens is 539 g/mol. The average Bonchev–Trinajstić information content (AvgIpc) is 2.97. The maximum atomic E-state index is 15.0. The number of hydrogen-bond acceptors (Lipinski definition) is 6. The van der Waals surface area contributed by atoms with Crippen LogP contribution in [0.5, 0.6) is 11.5 Å². The summed E-state index contributed by atoms with van der Waals surface area (Å²) in [4.78, 5) is 36.4. The minimum Gasteiger partial charge on any atom is -0.465 e. The van der Waals surface area contributed by atoms with Crippen LogP contribution in [-0.2, 0) is 6.54 Å². The molecule has 0 unspecified atom stereocenters. The molecule has 0 radical (unpaired) electrons. The first-order valence-corrected chi connectivity index (χ1v) is 14.1. The molecule has 3 aromatic rings. The van der Waals surface area contributed by atoms with Gasteiger partial charge in [-0.15, -0.1) is 0 Å². The Bertz CT molecular complexity index is 1330. The van der Waals surface area contributed by atoms with E-state index in [2.05, 4.69) is 34.2 Å². The largest absolute Gasteiger partial charge is 0.465 e. The Morgan fingerprint density at radius 3 is 2.43 bits per heavy atom. The maximum absolute atomic E-state index is 15.0. The van der Waals surface area contributed by atoms with Gasteiger partial charge in [-0.2, -0.15) is 0 Å². The van der Waals surface area contributed by atoms with Crippen molar-refractivity contribution < 1.29 is 23.8 Å². The second-order valence-electron chi connectivity index (χ2n) is 10.7. The molecule has 1 aliphatic heterocycles. The third-order valence-corrected chi connectivity index (χ3v) is 7.33. The number of urea groups is 1. The number of carbonyl (C=O) groups excluding carboxylic acids is 1. The lowest BCUT2D eigenvalue weighted by Crippen LogP contribution is -2.47. The lowest BCUT2D eigenvalue weighted by molar-refractivity contribution is 0.138. The molecule has 1 fully saturated rings. The molecule has 1 aromatic heterocycles. The molecular formula is C31H39FN6O4. The number of pyridine rings is 1. The second-order valence-corrected chi connectivity index (χ2v) is 10.7. The van der Waals surface area contributed by atoms with Crippen molar-refractivity contribution in [2.24, 2.45) is 0 Å². The Hall–Kier alpha value is -4.22. The number of likely N-dealkylation sites (tertiary alicyclic amines) is 1. The van der Waals surface area contributed by atoms with Gasteiger partial charge >= 0.3 is 12.1 Å². The molecule has 224 valence electrons. The molecule has 10 nitrogen and oxygen atoms in total. The highest BCUT2D eigenvalue weighted by atomic mass is 19.1. The van der Waals surface area contributed by atoms with E-state index in [-0.39, 0.29) is 30.1 Å². The Balaban J connectivity index is 1.33. The summed E-state index contributed by atoms with van der Waals surface area (Å²) < 4.78 is 20.8. The van der Waals surface area contributed by atoms with E-state index < -0.39 is 11.9 Å². The van der Waals surface area contributed by atoms with Crippen molar-refractivity contribution in [2.45, 2.75) is 31.8 Å². The fourth-order valence-electron chi connectivity index (χ4n) is 4.98. The molecule has 11 heteroatoms. The lowest BCUT2D eigenvalue weighted by atomic mass is 10.0. The summed E-state index contributed by atoms with van der Waals surface area (Å²) in [7, 11) is 5.96. The number of anilines is 2. The van der Waals surface area contributed by atoms with Gasteiger partial charge in [0.15, 0.2) is 5.82 Å². The van der Waals surface area contributed by atoms with Crippen LogP contribution in [0.25, 0.3) is 0 Å². The summed E-state index contributed by atoms with van der Waals surface area (Å²) in [5, 5.41) is 12.5. The molecule has 0 spiro atoms. The van der Waals surface area contributed by atoms with E-state index in [1.54, 1.807) is 48.3 Å². The van der Waals surface area contributed by atoms with E-state index in [0.717, 1.165) is 62.0 Å². The summed E-state index contributed by atoms with van der Waals surface area (Å²) in [6.45, 7) is 4.06. The fourth-order valence-corrected chi connectivity index (χ4v) is 4.98. The summed E-state index contributed by atoms with van der Waals surface area (Å²) >= 11 is 0. The molecule has 0 aliphatic carbocycles. The van der Waals surface area contributed by atoms with Crippen molar-refractivity contribution in [2.75, 3.05) is 57.5 Å². The first-order valence-electron chi connectivity index (χ1n) is 14.1. The molecule has 0 atom stereocenters. The zero-order valence-corrected chi connectivity index (χ0v) is 24.4. The predicted octanol–water partition coefficient (Wildman–Crippen LogP) is 5.58. The third-order valence-electron chi connectivity index (χ3n) is 7.33. The van der Waals surface area contributed by atoms with E-state index in [1.165, 1.54) is 18.3 Å². The van der Waals surface area contributed by atoms with E-state index in [0.29, 0.717) is 11.6 Å². The van der Waals surface area contributed by atoms with Crippen molar-refractivity contribution >= 4 is 23.6 Å². The van der Waals surface area contributed by atoms with Crippen LogP contribution in [0.15, 0.2) is 66.9 Å². The van der Waals surface area contributed by atoms with Gasteiger partial charge in [-0.05, 0) is 70.2 Å². The van der Waals surface area contributed by atoms with Gasteiger partial charge in [-0.1, -0.05) is 30.3 Å². The molecule has 2 aromatic carbocycles. The van der Waals surface area contributed by atoms with Gasteiger partial charge in [-0.25, -0.2) is 19.0 Å². The van der Waals surface area contributed by atoms with E-state index in [4.69, 9.17) is 4.74 Å². The van der Waals surface area contributed by atoms with Crippen molar-refractivity contribution in [3.8, 4) is 11.5 Å². The molecule has 1 saturated heterocycles. The van der Waals surface area contributed by atoms with Gasteiger partial charge in [0.1, 0.15) is 17.3 Å². The summed E-state index contributed by atoms with van der Waals surface area (Å²) in [6, 6.07) is 16.0. The van der Waals surface area contributed by atoms with Crippen LogP contribution in [0.1, 0.15) is 24.8 Å². The minimum atomic E-state index is -1.27. The number of nitrogens with one attached hydrogen (secondary N) is 1. The van der Waals surface area contributed by atoms with E-state index in [1.807, 2.05) is 6.07 Å². The molecule has 42 heavy (non-hydrogen) atoms. The standard InChI is InChI=1S/C31H39FN6O4/c1-35(2)16-7-17-37-18-13-24(14-19-37)36(3)30(39)34-29-21-26(12-15-33-29)42-25-10-11-28(27(32)20-25)38(31(40)41)22-23-8-5-4-6-9-23/h4-6,8-12,15,20-21,24H,7,13-14,16-19,22H2,1-3H3,(H,40,41)(H,33,34,39). The number of rotatable bonds is 11. The topological polar surface area (TPSA) is 101 Å². The number of benzene rings is 2. The van der Waals surface area contributed by atoms with Gasteiger partial charge in [-0.3, -0.25) is 10.2 Å². The Labute approximate surface area is 246 Å². The van der Waals surface area contributed by atoms with Crippen molar-refractivity contribution in [1.82, 2.24) is 19.7 Å². The quantitative estimate of drug-likeness (QED) is 0.306. The highest BCUT2D eigenvalue weighted by molar-refractivity contribution is 5.88. The minimum absolute atomic E-state index is 0.00500. The smallest absolute Gasteiger partial charge is 0.412 e. The molecule has 1 aliphatic rings. The number of aromatic nitrogens is 1. The number of hydrogen-bond donors (Lipinski definition) is 2. The van der Waals surface area contributed by atoms with Gasteiger partial charge in [0.05, 0.1) is 12.2 Å². The highest BCUT2D eigenvalue weighted by Gasteiger charge is 2.25. The molecule has 4 rings (SSSR count). The van der Waals surface area contributed by atoms with Crippen LogP contribution in [0.3, 0.4) is 0 Å². The lowest BCUT2D eigenvalue weighted by Gasteiger charge is -2.36. The van der Waals surface area contributed by atoms with E-state index >= 15 is 4.39 Å². The van der Waals surface area contributed by atoms with Crippen molar-refractivity contribution in [3.05, 3.63) is 78.2 Å². The predicted molar refractivity (Wildman–Crippen MR) is 161 cm³/mol. The molecule has 2 N–H and O–H groups in total. The number of carbonyl (C=O) groups is 2. The van der Waals surface area contributed by atoms with Gasteiger partial charge in [0, 0.05) is 44.5 Å². The molecule has 3 amide bonds. The number of carboxylic acid groups (broad SMARTS) is 1. The Morgan fingerprint density at radius 2 is 1.76 bits per heavy atom. The molecule has 0 bridgehead atoms. The van der Waals surface area contributed by atoms with Gasteiger partial charge < -0.3 is 24.5 Å². The van der Waals surface area contributed by atoms with Gasteiger partial charge in [0.25, 0.3) is 0 Å². The van der Waals surface area contributed by atoms with Crippen LogP contribution in [0.4, 0.5) is 25.5 Å². The molecule has 0 saturated carbocycles. The van der Waals surface area contributed by atoms with Crippen molar-refractivity contribution in [3.63, 3.8) is 0 Å². The van der Waals surface area contributed by atoms with Crippen LogP contribution >= 0.6 is 0 Å². The monoisotopic (exact) mass is 578 g/mol. The number of nitrogens with zero attached hydrogens (tertiary/aromatic N) is 5. The normalized spacial score (nSPS) is 14.0. The first kappa shape index (κ1) is 30.7. The average molecular weight is 579 g/mol. The summed E-state index contributed by atoms with van der Waals surface area (Å²) in [5.74, 6) is 0.0982. The first-order chi connectivity index (χ1) is 20.2. The zero-order chi connectivity index (χ0) is 30.1. The Morgan fingerprint density at radius 1 is 1.05 bits per heavy atom. The maximum Gasteiger partial charge on any atom is 0.412 e. The fraction of sp³-hybridized carbons (Fsp3) is 0.387. The zero-order valence-electron chi connectivity index (χ0n) is 24.4. The number of piperidine rings is 1. The Kier molecular flexibility index (Phi) is 10.7. The highest BCUT2D eigenvalue weighted by Crippen LogP contribution is 2.29. The van der Waals surface area contributed by atoms with Crippen LogP contribution in [-0.4, -0.2) is 90.3 Å². The van der Waals surface area contributed by atoms with Crippen LogP contribution in [0, 0.1) is 5.82 Å². The van der Waals surface area contributed by atoms with Gasteiger partial charge in [0.2, 0.25) is 0 Å². The summed E-state index contributed by atoms with van der Waals surface area (Å²) in [6.07, 6.45) is 3.18. The number of halogens is 1. The summed E-state index contributed by atoms with van der Waals surface area (Å²) in [5.41, 5.74) is 0.654. The van der Waals surface area contributed by atoms with Crippen LogP contribution in [0.2, 0.25) is 0 Å². The van der Waals surface area contributed by atoms with E-state index in [9.17, 15) is 14.7 Å². The number of ether oxygens (including phenoxy) is 1. The SMILES string of the molecule is CN(C)CCCN1CCC(N(C)C(=O)Nc2cc(Oc3ccc(N(Cc4ccccc4)C(=O)O)c(F)c3)ccn2)CC1. The van der Waals surface area contributed by atoms with Crippen molar-refractivity contribution in [1.29, 1.82) is 0 Å². The second kappa shape index (κ2) is 14.6. The van der Waals surface area contributed by atoms with Crippen LogP contribution < -0.4 is 15.0 Å². The third kappa shape index (κ3) is 8.64. The number of amides is 3.